The molecular formula is C30H37I. The third-order valence-corrected chi connectivity index (χ3v) is 7.50. The maximum absolute atomic E-state index is 2.65. The van der Waals surface area contributed by atoms with Gasteiger partial charge in [-0.2, -0.15) is 0 Å². The molecule has 0 saturated carbocycles. The zero-order valence-electron chi connectivity index (χ0n) is 20.9. The van der Waals surface area contributed by atoms with E-state index in [4.69, 9.17) is 0 Å². The lowest BCUT2D eigenvalue weighted by Gasteiger charge is -2.27. The van der Waals surface area contributed by atoms with Crippen LogP contribution < -0.4 is 0 Å². The van der Waals surface area contributed by atoms with Gasteiger partial charge in [0.05, 0.1) is 0 Å². The number of rotatable bonds is 4. The van der Waals surface area contributed by atoms with E-state index in [0.29, 0.717) is 11.8 Å². The molecule has 0 saturated heterocycles. The summed E-state index contributed by atoms with van der Waals surface area (Å²) in [5, 5.41) is 0. The van der Waals surface area contributed by atoms with Crippen molar-refractivity contribution in [2.24, 2.45) is 0 Å². The number of benzene rings is 3. The minimum Gasteiger partial charge on any atom is -0.0587 e. The van der Waals surface area contributed by atoms with Crippen LogP contribution in [-0.2, 0) is 0 Å². The average Bonchev–Trinajstić information content (AvgIpc) is 2.61. The maximum Gasteiger partial charge on any atom is 0.0293 e. The molecule has 0 aliphatic rings. The van der Waals surface area contributed by atoms with Gasteiger partial charge in [0.2, 0.25) is 0 Å². The first-order valence-electron chi connectivity index (χ1n) is 11.5. The molecule has 0 radical (unpaired) electrons. The molecule has 3 aromatic rings. The van der Waals surface area contributed by atoms with Crippen molar-refractivity contribution < 1.29 is 0 Å². The number of hydrogen-bond acceptors (Lipinski definition) is 0. The Morgan fingerprint density at radius 1 is 0.484 bits per heavy atom. The Kier molecular flexibility index (Phi) is 7.05. The Labute approximate surface area is 203 Å². The summed E-state index contributed by atoms with van der Waals surface area (Å²) in [6, 6.07) is 11.9. The maximum atomic E-state index is 2.65. The van der Waals surface area contributed by atoms with E-state index in [9.17, 15) is 0 Å². The monoisotopic (exact) mass is 524 g/mol. The predicted octanol–water partition coefficient (Wildman–Crippen LogP) is 9.72. The molecule has 0 heterocycles. The molecule has 3 rings (SSSR count). The van der Waals surface area contributed by atoms with Crippen molar-refractivity contribution in [3.05, 3.63) is 78.4 Å². The molecule has 0 fully saturated rings. The van der Waals surface area contributed by atoms with Crippen molar-refractivity contribution >= 4 is 22.6 Å². The molecule has 0 amide bonds. The fourth-order valence-corrected chi connectivity index (χ4v) is 6.42. The Hall–Kier alpha value is -1.61. The summed E-state index contributed by atoms with van der Waals surface area (Å²) in [7, 11) is 0. The van der Waals surface area contributed by atoms with Crippen LogP contribution in [0.4, 0.5) is 0 Å². The topological polar surface area (TPSA) is 0 Å². The van der Waals surface area contributed by atoms with Crippen LogP contribution in [0, 0.1) is 45.1 Å². The zero-order valence-corrected chi connectivity index (χ0v) is 23.1. The fraction of sp³-hybridized carbons (Fsp3) is 0.400. The van der Waals surface area contributed by atoms with Gasteiger partial charge in [0.1, 0.15) is 0 Å². The molecular weight excluding hydrogens is 487 g/mol. The van der Waals surface area contributed by atoms with Crippen LogP contribution in [0.2, 0.25) is 0 Å². The Balaban J connectivity index is 2.54. The van der Waals surface area contributed by atoms with E-state index >= 15 is 0 Å². The van der Waals surface area contributed by atoms with Gasteiger partial charge in [0, 0.05) is 3.57 Å². The second kappa shape index (κ2) is 9.10. The van der Waals surface area contributed by atoms with Gasteiger partial charge in [-0.05, 0) is 132 Å². The van der Waals surface area contributed by atoms with E-state index in [-0.39, 0.29) is 0 Å². The molecule has 3 aromatic carbocycles. The van der Waals surface area contributed by atoms with Crippen molar-refractivity contribution in [3.8, 4) is 22.3 Å². The van der Waals surface area contributed by atoms with Crippen LogP contribution in [0.25, 0.3) is 22.3 Å². The Bertz CT molecular complexity index is 1010. The molecule has 0 aliphatic carbocycles. The molecule has 1 heteroatoms. The molecule has 0 aliphatic heterocycles. The third kappa shape index (κ3) is 4.49. The summed E-state index contributed by atoms with van der Waals surface area (Å²) in [5.74, 6) is 0.936. The summed E-state index contributed by atoms with van der Waals surface area (Å²) in [5.41, 5.74) is 16.8. The molecule has 0 aromatic heterocycles. The fourth-order valence-electron chi connectivity index (χ4n) is 5.26. The van der Waals surface area contributed by atoms with Crippen LogP contribution in [0.15, 0.2) is 30.3 Å². The van der Waals surface area contributed by atoms with Crippen LogP contribution in [0.3, 0.4) is 0 Å². The second-order valence-electron chi connectivity index (χ2n) is 9.98. The highest BCUT2D eigenvalue weighted by Crippen LogP contribution is 2.46. The Morgan fingerprint density at radius 3 is 1.03 bits per heavy atom. The van der Waals surface area contributed by atoms with Gasteiger partial charge in [0.25, 0.3) is 0 Å². The second-order valence-corrected chi connectivity index (χ2v) is 11.1. The predicted molar refractivity (Wildman–Crippen MR) is 147 cm³/mol. The normalized spacial score (nSPS) is 11.6. The van der Waals surface area contributed by atoms with Crippen molar-refractivity contribution in [1.29, 1.82) is 0 Å². The number of aryl methyl sites for hydroxylation is 6. The van der Waals surface area contributed by atoms with Gasteiger partial charge in [-0.1, -0.05) is 69.2 Å². The highest BCUT2D eigenvalue weighted by Gasteiger charge is 2.25. The molecule has 0 unspecified atom stereocenters. The van der Waals surface area contributed by atoms with Gasteiger partial charge >= 0.3 is 0 Å². The van der Waals surface area contributed by atoms with Gasteiger partial charge in [-0.3, -0.25) is 0 Å². The number of hydrogen-bond donors (Lipinski definition) is 0. The molecule has 0 N–H and O–H groups in total. The largest absolute Gasteiger partial charge is 0.0587 e. The quantitative estimate of drug-likeness (QED) is 0.298. The molecule has 0 spiro atoms. The van der Waals surface area contributed by atoms with Crippen LogP contribution in [-0.4, -0.2) is 0 Å². The highest BCUT2D eigenvalue weighted by atomic mass is 127. The van der Waals surface area contributed by atoms with Gasteiger partial charge < -0.3 is 0 Å². The molecule has 0 atom stereocenters. The first-order valence-corrected chi connectivity index (χ1v) is 12.5. The summed E-state index contributed by atoms with van der Waals surface area (Å²) >= 11 is 2.65. The first kappa shape index (κ1) is 24.0. The smallest absolute Gasteiger partial charge is 0.0293 e. The minimum atomic E-state index is 0.468. The molecule has 164 valence electrons. The van der Waals surface area contributed by atoms with Crippen molar-refractivity contribution in [3.63, 3.8) is 0 Å². The lowest BCUT2D eigenvalue weighted by molar-refractivity contribution is 0.835. The minimum absolute atomic E-state index is 0.468. The van der Waals surface area contributed by atoms with E-state index < -0.39 is 0 Å². The first-order chi connectivity index (χ1) is 14.4. The van der Waals surface area contributed by atoms with Crippen molar-refractivity contribution in [1.82, 2.24) is 0 Å². The van der Waals surface area contributed by atoms with Crippen LogP contribution in [0.1, 0.15) is 84.0 Å². The summed E-state index contributed by atoms with van der Waals surface area (Å²) in [6.45, 7) is 22.8. The van der Waals surface area contributed by atoms with Crippen LogP contribution in [0.5, 0.6) is 0 Å². The van der Waals surface area contributed by atoms with Crippen molar-refractivity contribution in [2.75, 3.05) is 0 Å². The SMILES string of the molecule is Cc1cc(C)c(-c2c(C(C)C)cc(C(C)C)c(-c3c(C)cc(C)cc3C)c2I)c(C)c1. The van der Waals surface area contributed by atoms with Crippen molar-refractivity contribution in [2.45, 2.75) is 81.1 Å². The lowest BCUT2D eigenvalue weighted by atomic mass is 9.80. The van der Waals surface area contributed by atoms with E-state index in [1.165, 1.54) is 70.3 Å². The standard InChI is InChI=1S/C30H37I/c1-16(2)24-15-25(17(3)4)29(27-22(9)13-19(6)14-23(27)10)30(31)28(24)26-20(7)11-18(5)12-21(26)8/h11-17H,1-10H3. The van der Waals surface area contributed by atoms with E-state index in [1.54, 1.807) is 0 Å². The number of halogens is 1. The Morgan fingerprint density at radius 2 is 0.774 bits per heavy atom. The van der Waals surface area contributed by atoms with Gasteiger partial charge in [0.15, 0.2) is 0 Å². The molecule has 0 bridgehead atoms. The van der Waals surface area contributed by atoms with E-state index in [1.807, 2.05) is 0 Å². The summed E-state index contributed by atoms with van der Waals surface area (Å²) in [6.07, 6.45) is 0. The highest BCUT2D eigenvalue weighted by molar-refractivity contribution is 14.1. The zero-order chi connectivity index (χ0) is 23.2. The van der Waals surface area contributed by atoms with Gasteiger partial charge in [-0.15, -0.1) is 0 Å². The van der Waals surface area contributed by atoms with E-state index in [0.717, 1.165) is 0 Å². The molecule has 0 nitrogen and oxygen atoms in total. The summed E-state index contributed by atoms with van der Waals surface area (Å²) < 4.78 is 1.40. The third-order valence-electron chi connectivity index (χ3n) is 6.43. The van der Waals surface area contributed by atoms with Gasteiger partial charge in [-0.25, -0.2) is 0 Å². The molecule has 31 heavy (non-hydrogen) atoms. The average molecular weight is 525 g/mol. The van der Waals surface area contributed by atoms with Crippen LogP contribution >= 0.6 is 22.6 Å². The lowest BCUT2D eigenvalue weighted by Crippen LogP contribution is -2.07. The van der Waals surface area contributed by atoms with E-state index in [2.05, 4.69) is 122 Å². The summed E-state index contributed by atoms with van der Waals surface area (Å²) in [4.78, 5) is 0.